The molecule has 0 atom stereocenters. The van der Waals surface area contributed by atoms with Gasteiger partial charge in [-0.05, 0) is 17.7 Å². The maximum absolute atomic E-state index is 9.47. The number of phenolic OH excluding ortho intramolecular Hbond substituents is 1. The van der Waals surface area contributed by atoms with Crippen LogP contribution < -0.4 is 4.74 Å². The number of ether oxygens (including phenoxy) is 1. The monoisotopic (exact) mass is 202 g/mol. The van der Waals surface area contributed by atoms with Gasteiger partial charge >= 0.3 is 0 Å². The zero-order valence-electron chi connectivity index (χ0n) is 8.21. The van der Waals surface area contributed by atoms with E-state index < -0.39 is 0 Å². The lowest BCUT2D eigenvalue weighted by molar-refractivity contribution is 0.408. The molecule has 4 nitrogen and oxygen atoms in total. The minimum Gasteiger partial charge on any atom is -0.508 e. The van der Waals surface area contributed by atoms with Crippen LogP contribution in [0.1, 0.15) is 0 Å². The highest BCUT2D eigenvalue weighted by Crippen LogP contribution is 2.27. The number of aromatic hydroxyl groups is 1. The maximum Gasteiger partial charge on any atom is 0.123 e. The summed E-state index contributed by atoms with van der Waals surface area (Å²) in [6, 6.07) is 5.01. The average molecular weight is 202 g/mol. The Morgan fingerprint density at radius 2 is 1.80 bits per heavy atom. The van der Waals surface area contributed by atoms with E-state index in [-0.39, 0.29) is 5.75 Å². The fraction of sp³-hybridized carbons (Fsp3) is 0.0909. The van der Waals surface area contributed by atoms with Crippen molar-refractivity contribution < 1.29 is 9.84 Å². The molecular formula is C11H10N2O2. The van der Waals surface area contributed by atoms with Gasteiger partial charge in [0.25, 0.3) is 0 Å². The quantitative estimate of drug-likeness (QED) is 0.807. The fourth-order valence-electron chi connectivity index (χ4n) is 1.32. The molecule has 0 aliphatic carbocycles. The van der Waals surface area contributed by atoms with Gasteiger partial charge in [0, 0.05) is 24.0 Å². The first-order chi connectivity index (χ1) is 7.29. The molecular weight excluding hydrogens is 192 g/mol. The van der Waals surface area contributed by atoms with E-state index in [0.717, 1.165) is 11.1 Å². The molecule has 0 saturated carbocycles. The van der Waals surface area contributed by atoms with E-state index in [2.05, 4.69) is 9.97 Å². The number of rotatable bonds is 2. The Morgan fingerprint density at radius 1 is 1.07 bits per heavy atom. The smallest absolute Gasteiger partial charge is 0.123 e. The first-order valence-corrected chi connectivity index (χ1v) is 4.43. The van der Waals surface area contributed by atoms with Crippen molar-refractivity contribution in [2.24, 2.45) is 0 Å². The molecule has 0 fully saturated rings. The molecule has 0 spiro atoms. The van der Waals surface area contributed by atoms with Crippen molar-refractivity contribution in [1.82, 2.24) is 9.97 Å². The number of hydrogen-bond acceptors (Lipinski definition) is 4. The zero-order chi connectivity index (χ0) is 10.7. The summed E-state index contributed by atoms with van der Waals surface area (Å²) >= 11 is 0. The normalized spacial score (nSPS) is 9.93. The zero-order valence-corrected chi connectivity index (χ0v) is 8.21. The van der Waals surface area contributed by atoms with Crippen molar-refractivity contribution in [3.8, 4) is 22.6 Å². The summed E-state index contributed by atoms with van der Waals surface area (Å²) < 4.78 is 5.06. The van der Waals surface area contributed by atoms with Crippen LogP contribution in [0.5, 0.6) is 11.5 Å². The number of hydrogen-bond donors (Lipinski definition) is 1. The lowest BCUT2D eigenvalue weighted by atomic mass is 10.1. The minimum atomic E-state index is 0.160. The molecule has 76 valence electrons. The fourth-order valence-corrected chi connectivity index (χ4v) is 1.32. The third kappa shape index (κ3) is 2.04. The molecule has 15 heavy (non-hydrogen) atoms. The summed E-state index contributed by atoms with van der Waals surface area (Å²) in [6.45, 7) is 0. The third-order valence-corrected chi connectivity index (χ3v) is 2.02. The van der Waals surface area contributed by atoms with Crippen LogP contribution in [-0.2, 0) is 0 Å². The van der Waals surface area contributed by atoms with E-state index in [1.54, 1.807) is 31.6 Å². The summed E-state index contributed by atoms with van der Waals surface area (Å²) in [5.74, 6) is 0.766. The van der Waals surface area contributed by atoms with Crippen LogP contribution in [0, 0.1) is 0 Å². The van der Waals surface area contributed by atoms with Crippen molar-refractivity contribution in [3.05, 3.63) is 36.9 Å². The van der Waals surface area contributed by atoms with Gasteiger partial charge in [-0.2, -0.15) is 0 Å². The van der Waals surface area contributed by atoms with Gasteiger partial charge in [-0.1, -0.05) is 0 Å². The molecule has 1 aromatic carbocycles. The molecule has 2 aromatic rings. The second kappa shape index (κ2) is 3.96. The van der Waals surface area contributed by atoms with Crippen LogP contribution >= 0.6 is 0 Å². The summed E-state index contributed by atoms with van der Waals surface area (Å²) in [7, 11) is 1.56. The lowest BCUT2D eigenvalue weighted by Crippen LogP contribution is -1.86. The molecule has 0 aliphatic heterocycles. The second-order valence-electron chi connectivity index (χ2n) is 3.05. The van der Waals surface area contributed by atoms with Gasteiger partial charge in [-0.25, -0.2) is 9.97 Å². The van der Waals surface area contributed by atoms with Crippen LogP contribution in [0.15, 0.2) is 36.9 Å². The van der Waals surface area contributed by atoms with Gasteiger partial charge in [0.1, 0.15) is 17.8 Å². The molecule has 1 N–H and O–H groups in total. The number of benzene rings is 1. The minimum absolute atomic E-state index is 0.160. The number of methoxy groups -OCH3 is 1. The van der Waals surface area contributed by atoms with E-state index in [9.17, 15) is 5.11 Å². The van der Waals surface area contributed by atoms with Crippen LogP contribution in [0.4, 0.5) is 0 Å². The van der Waals surface area contributed by atoms with Gasteiger partial charge in [0.15, 0.2) is 0 Å². The number of aromatic nitrogens is 2. The van der Waals surface area contributed by atoms with Crippen molar-refractivity contribution in [3.63, 3.8) is 0 Å². The molecule has 0 amide bonds. The topological polar surface area (TPSA) is 55.2 Å². The van der Waals surface area contributed by atoms with Crippen LogP contribution in [-0.4, -0.2) is 22.2 Å². The largest absolute Gasteiger partial charge is 0.508 e. The Balaban J connectivity index is 2.49. The van der Waals surface area contributed by atoms with Gasteiger partial charge in [-0.3, -0.25) is 0 Å². The summed E-state index contributed by atoms with van der Waals surface area (Å²) in [4.78, 5) is 7.83. The average Bonchev–Trinajstić information content (AvgIpc) is 2.29. The van der Waals surface area contributed by atoms with Gasteiger partial charge < -0.3 is 9.84 Å². The molecule has 0 aliphatic rings. The Kier molecular flexibility index (Phi) is 2.49. The standard InChI is InChI=1S/C11H10N2O2/c1-15-11-3-8(2-10(14)4-11)9-5-12-7-13-6-9/h2-7,14H,1H3. The maximum atomic E-state index is 9.47. The summed E-state index contributed by atoms with van der Waals surface area (Å²) in [6.07, 6.45) is 4.83. The van der Waals surface area contributed by atoms with Gasteiger partial charge in [-0.15, -0.1) is 0 Å². The first kappa shape index (κ1) is 9.45. The molecule has 0 saturated heterocycles. The molecule has 1 aromatic heterocycles. The SMILES string of the molecule is COc1cc(O)cc(-c2cncnc2)c1. The van der Waals surface area contributed by atoms with E-state index in [1.807, 2.05) is 6.07 Å². The van der Waals surface area contributed by atoms with Crippen LogP contribution in [0.25, 0.3) is 11.1 Å². The molecule has 1 heterocycles. The van der Waals surface area contributed by atoms with Crippen molar-refractivity contribution in [2.45, 2.75) is 0 Å². The van der Waals surface area contributed by atoms with E-state index >= 15 is 0 Å². The van der Waals surface area contributed by atoms with E-state index in [0.29, 0.717) is 5.75 Å². The highest BCUT2D eigenvalue weighted by molar-refractivity contribution is 5.65. The first-order valence-electron chi connectivity index (χ1n) is 4.43. The Morgan fingerprint density at radius 3 is 2.47 bits per heavy atom. The highest BCUT2D eigenvalue weighted by atomic mass is 16.5. The second-order valence-corrected chi connectivity index (χ2v) is 3.05. The van der Waals surface area contributed by atoms with E-state index in [4.69, 9.17) is 4.74 Å². The molecule has 2 rings (SSSR count). The van der Waals surface area contributed by atoms with Gasteiger partial charge in [0.2, 0.25) is 0 Å². The van der Waals surface area contributed by atoms with Gasteiger partial charge in [0.05, 0.1) is 7.11 Å². The predicted octanol–water partition coefficient (Wildman–Crippen LogP) is 1.86. The van der Waals surface area contributed by atoms with E-state index in [1.165, 1.54) is 6.33 Å². The van der Waals surface area contributed by atoms with Crippen molar-refractivity contribution >= 4 is 0 Å². The Bertz CT molecular complexity index is 457. The highest BCUT2D eigenvalue weighted by Gasteiger charge is 2.02. The van der Waals surface area contributed by atoms with Crippen LogP contribution in [0.3, 0.4) is 0 Å². The predicted molar refractivity (Wildman–Crippen MR) is 55.7 cm³/mol. The molecule has 0 bridgehead atoms. The number of nitrogens with zero attached hydrogens (tertiary/aromatic N) is 2. The lowest BCUT2D eigenvalue weighted by Gasteiger charge is -2.05. The molecule has 0 radical (unpaired) electrons. The molecule has 0 unspecified atom stereocenters. The Labute approximate surface area is 87.2 Å². The third-order valence-electron chi connectivity index (χ3n) is 2.02. The van der Waals surface area contributed by atoms with Crippen molar-refractivity contribution in [2.75, 3.05) is 7.11 Å². The van der Waals surface area contributed by atoms with Crippen LogP contribution in [0.2, 0.25) is 0 Å². The van der Waals surface area contributed by atoms with Crippen molar-refractivity contribution in [1.29, 1.82) is 0 Å². The molecule has 4 heteroatoms. The summed E-state index contributed by atoms with van der Waals surface area (Å²) in [5.41, 5.74) is 1.67. The summed E-state index contributed by atoms with van der Waals surface area (Å²) in [5, 5.41) is 9.47. The Hall–Kier alpha value is -2.10. The number of phenols is 1.